The average molecular weight is 234 g/mol. The van der Waals surface area contributed by atoms with Gasteiger partial charge in [-0.3, -0.25) is 4.79 Å². The molecule has 0 radical (unpaired) electrons. The lowest BCUT2D eigenvalue weighted by molar-refractivity contribution is -0.144. The van der Waals surface area contributed by atoms with Crippen LogP contribution in [0.15, 0.2) is 43.0 Å². The fraction of sp³-hybridized carbons (Fsp3) is 0.357. The van der Waals surface area contributed by atoms with Gasteiger partial charge in [0.25, 0.3) is 0 Å². The van der Waals surface area contributed by atoms with Gasteiger partial charge in [0.2, 0.25) is 0 Å². The van der Waals surface area contributed by atoms with Gasteiger partial charge >= 0.3 is 5.97 Å². The predicted molar refractivity (Wildman–Crippen MR) is 66.5 cm³/mol. The van der Waals surface area contributed by atoms with Gasteiger partial charge in [-0.25, -0.2) is 0 Å². The van der Waals surface area contributed by atoms with Gasteiger partial charge in [-0.05, 0) is 5.56 Å². The normalized spacial score (nSPS) is 11.8. The fourth-order valence-corrected chi connectivity index (χ4v) is 1.40. The fourth-order valence-electron chi connectivity index (χ4n) is 1.40. The highest BCUT2D eigenvalue weighted by atomic mass is 16.5. The van der Waals surface area contributed by atoms with Crippen LogP contribution in [0.4, 0.5) is 0 Å². The van der Waals surface area contributed by atoms with Crippen LogP contribution in [0.3, 0.4) is 0 Å². The van der Waals surface area contributed by atoms with Crippen molar-refractivity contribution in [2.75, 3.05) is 6.61 Å². The Labute approximate surface area is 102 Å². The second-order valence-corrected chi connectivity index (χ2v) is 3.71. The van der Waals surface area contributed by atoms with Crippen LogP contribution in [-0.2, 0) is 20.9 Å². The van der Waals surface area contributed by atoms with Gasteiger partial charge in [-0.15, -0.1) is 0 Å². The third kappa shape index (κ3) is 5.88. The first kappa shape index (κ1) is 13.5. The highest BCUT2D eigenvalue weighted by Gasteiger charge is 2.06. The van der Waals surface area contributed by atoms with E-state index in [1.54, 1.807) is 6.08 Å². The average Bonchev–Trinajstić information content (AvgIpc) is 2.34. The van der Waals surface area contributed by atoms with Gasteiger partial charge in [0, 0.05) is 13.3 Å². The second kappa shape index (κ2) is 7.63. The molecule has 0 aliphatic carbocycles. The van der Waals surface area contributed by atoms with E-state index in [0.29, 0.717) is 19.6 Å². The van der Waals surface area contributed by atoms with Crippen molar-refractivity contribution in [1.82, 2.24) is 0 Å². The summed E-state index contributed by atoms with van der Waals surface area (Å²) in [5, 5.41) is 0. The molecule has 1 aromatic carbocycles. The molecule has 1 atom stereocenters. The Morgan fingerprint density at radius 1 is 1.41 bits per heavy atom. The first-order valence-electron chi connectivity index (χ1n) is 5.64. The van der Waals surface area contributed by atoms with Crippen LogP contribution in [-0.4, -0.2) is 18.7 Å². The number of esters is 1. The molecule has 92 valence electrons. The maximum atomic E-state index is 10.8. The molecule has 1 aromatic rings. The van der Waals surface area contributed by atoms with E-state index >= 15 is 0 Å². The van der Waals surface area contributed by atoms with E-state index in [2.05, 4.69) is 6.58 Å². The molecular formula is C14H18O3. The maximum absolute atomic E-state index is 10.8. The maximum Gasteiger partial charge on any atom is 0.303 e. The van der Waals surface area contributed by atoms with Crippen molar-refractivity contribution in [3.05, 3.63) is 48.6 Å². The van der Waals surface area contributed by atoms with Gasteiger partial charge in [-0.2, -0.15) is 0 Å². The van der Waals surface area contributed by atoms with Crippen molar-refractivity contribution in [1.29, 1.82) is 0 Å². The van der Waals surface area contributed by atoms with Crippen molar-refractivity contribution in [2.24, 2.45) is 0 Å². The van der Waals surface area contributed by atoms with E-state index in [-0.39, 0.29) is 12.1 Å². The minimum atomic E-state index is -0.294. The minimum Gasteiger partial charge on any atom is -0.458 e. The number of carbonyl (C=O) groups excluding carboxylic acids is 1. The Hall–Kier alpha value is -1.61. The minimum absolute atomic E-state index is 0.261. The van der Waals surface area contributed by atoms with Crippen LogP contribution in [0.5, 0.6) is 0 Å². The van der Waals surface area contributed by atoms with Crippen LogP contribution in [0, 0.1) is 0 Å². The van der Waals surface area contributed by atoms with Gasteiger partial charge in [0.05, 0.1) is 13.2 Å². The molecular weight excluding hydrogens is 216 g/mol. The molecule has 0 aromatic heterocycles. The molecule has 0 heterocycles. The standard InChI is InChI=1S/C14H18O3/c1-3-14(17-12(2)15)9-10-16-11-13-7-5-4-6-8-13/h3-8,14H,1,9-11H2,2H3/t14-/m0/s1. The van der Waals surface area contributed by atoms with Crippen LogP contribution in [0.25, 0.3) is 0 Å². The zero-order chi connectivity index (χ0) is 12.5. The molecule has 0 spiro atoms. The molecule has 1 rings (SSSR count). The summed E-state index contributed by atoms with van der Waals surface area (Å²) >= 11 is 0. The zero-order valence-electron chi connectivity index (χ0n) is 10.1. The molecule has 0 N–H and O–H groups in total. The Morgan fingerprint density at radius 2 is 2.12 bits per heavy atom. The van der Waals surface area contributed by atoms with E-state index in [9.17, 15) is 4.79 Å². The molecule has 3 nitrogen and oxygen atoms in total. The monoisotopic (exact) mass is 234 g/mol. The molecule has 0 fully saturated rings. The number of hydrogen-bond acceptors (Lipinski definition) is 3. The largest absolute Gasteiger partial charge is 0.458 e. The van der Waals surface area contributed by atoms with E-state index in [0.717, 1.165) is 5.56 Å². The van der Waals surface area contributed by atoms with E-state index in [1.165, 1.54) is 6.92 Å². The summed E-state index contributed by atoms with van der Waals surface area (Å²) in [6.45, 7) is 6.12. The summed E-state index contributed by atoms with van der Waals surface area (Å²) in [6.07, 6.45) is 1.99. The van der Waals surface area contributed by atoms with Crippen molar-refractivity contribution < 1.29 is 14.3 Å². The Kier molecular flexibility index (Phi) is 6.04. The number of carbonyl (C=O) groups is 1. The molecule has 0 bridgehead atoms. The van der Waals surface area contributed by atoms with Crippen molar-refractivity contribution in [3.63, 3.8) is 0 Å². The van der Waals surface area contributed by atoms with Gasteiger partial charge < -0.3 is 9.47 Å². The van der Waals surface area contributed by atoms with E-state index in [1.807, 2.05) is 30.3 Å². The van der Waals surface area contributed by atoms with Crippen LogP contribution >= 0.6 is 0 Å². The second-order valence-electron chi connectivity index (χ2n) is 3.71. The van der Waals surface area contributed by atoms with Crippen molar-refractivity contribution in [3.8, 4) is 0 Å². The summed E-state index contributed by atoms with van der Waals surface area (Å²) in [5.41, 5.74) is 1.13. The van der Waals surface area contributed by atoms with Crippen molar-refractivity contribution in [2.45, 2.75) is 26.1 Å². The molecule has 0 saturated heterocycles. The van der Waals surface area contributed by atoms with Crippen LogP contribution in [0.1, 0.15) is 18.9 Å². The molecule has 0 saturated carbocycles. The molecule has 0 aliphatic rings. The van der Waals surface area contributed by atoms with Crippen LogP contribution in [0.2, 0.25) is 0 Å². The molecule has 0 amide bonds. The van der Waals surface area contributed by atoms with Gasteiger partial charge in [0.15, 0.2) is 0 Å². The quantitative estimate of drug-likeness (QED) is 0.413. The highest BCUT2D eigenvalue weighted by Crippen LogP contribution is 2.04. The molecule has 0 aliphatic heterocycles. The summed E-state index contributed by atoms with van der Waals surface area (Å²) in [6, 6.07) is 9.94. The lowest BCUT2D eigenvalue weighted by atomic mass is 10.2. The Bertz CT molecular complexity index is 346. The third-order valence-corrected chi connectivity index (χ3v) is 2.24. The summed E-state index contributed by atoms with van der Waals surface area (Å²) in [7, 11) is 0. The summed E-state index contributed by atoms with van der Waals surface area (Å²) in [4.78, 5) is 10.8. The number of rotatable bonds is 7. The number of hydrogen-bond donors (Lipinski definition) is 0. The topological polar surface area (TPSA) is 35.5 Å². The number of benzene rings is 1. The first-order valence-corrected chi connectivity index (χ1v) is 5.64. The van der Waals surface area contributed by atoms with E-state index < -0.39 is 0 Å². The zero-order valence-corrected chi connectivity index (χ0v) is 10.1. The number of ether oxygens (including phenoxy) is 2. The smallest absolute Gasteiger partial charge is 0.303 e. The van der Waals surface area contributed by atoms with Gasteiger partial charge in [0.1, 0.15) is 6.10 Å². The van der Waals surface area contributed by atoms with Gasteiger partial charge in [-0.1, -0.05) is 43.0 Å². The lowest BCUT2D eigenvalue weighted by Gasteiger charge is -2.12. The van der Waals surface area contributed by atoms with Crippen molar-refractivity contribution >= 4 is 5.97 Å². The first-order chi connectivity index (χ1) is 8.22. The third-order valence-electron chi connectivity index (χ3n) is 2.24. The van der Waals surface area contributed by atoms with E-state index in [4.69, 9.17) is 9.47 Å². The summed E-state index contributed by atoms with van der Waals surface area (Å²) < 4.78 is 10.5. The highest BCUT2D eigenvalue weighted by molar-refractivity contribution is 5.66. The SMILES string of the molecule is C=C[C@@H](CCOCc1ccccc1)OC(C)=O. The molecule has 0 unspecified atom stereocenters. The predicted octanol–water partition coefficient (Wildman–Crippen LogP) is 2.71. The summed E-state index contributed by atoms with van der Waals surface area (Å²) in [5.74, 6) is -0.294. The molecule has 17 heavy (non-hydrogen) atoms. The lowest BCUT2D eigenvalue weighted by Crippen LogP contribution is -2.15. The Morgan fingerprint density at radius 3 is 2.71 bits per heavy atom. The van der Waals surface area contributed by atoms with Crippen LogP contribution < -0.4 is 0 Å². The molecule has 3 heteroatoms. The Balaban J connectivity index is 2.19.